The maximum atomic E-state index is 10.8. The minimum Gasteiger partial charge on any atom is -0.385 e. The van der Waals surface area contributed by atoms with E-state index in [-0.39, 0.29) is 16.3 Å². The Morgan fingerprint density at radius 2 is 2.00 bits per heavy atom. The highest BCUT2D eigenvalue weighted by Crippen LogP contribution is 2.17. The summed E-state index contributed by atoms with van der Waals surface area (Å²) in [5, 5.41) is 32.3. The molecular formula is C6H10N2O4. The summed E-state index contributed by atoms with van der Waals surface area (Å²) in [4.78, 5) is 0.0900. The van der Waals surface area contributed by atoms with E-state index in [4.69, 9.17) is 10.2 Å². The Morgan fingerprint density at radius 3 is 2.33 bits per heavy atom. The molecule has 0 fully saturated rings. The number of hydrogen-bond acceptors (Lipinski definition) is 5. The zero-order valence-electron chi connectivity index (χ0n) is 6.76. The summed E-state index contributed by atoms with van der Waals surface area (Å²) in [6, 6.07) is 0. The number of rotatable bonds is 2. The van der Waals surface area contributed by atoms with Crippen LogP contribution in [0, 0.1) is 5.21 Å². The maximum absolute atomic E-state index is 10.8. The van der Waals surface area contributed by atoms with Crippen molar-refractivity contribution in [2.75, 3.05) is 0 Å². The highest BCUT2D eigenvalue weighted by molar-refractivity contribution is 5.08. The van der Waals surface area contributed by atoms with Crippen molar-refractivity contribution in [2.45, 2.75) is 26.1 Å². The zero-order valence-corrected chi connectivity index (χ0v) is 6.76. The molecule has 68 valence electrons. The third-order valence-corrected chi connectivity index (χ3v) is 1.46. The van der Waals surface area contributed by atoms with Gasteiger partial charge < -0.3 is 15.4 Å². The smallest absolute Gasteiger partial charge is 0.251 e. The number of nitrogens with zero attached hydrogens (tertiary/aromatic N) is 2. The van der Waals surface area contributed by atoms with Gasteiger partial charge in [-0.3, -0.25) is 4.63 Å². The maximum Gasteiger partial charge on any atom is 0.251 e. The molecule has 1 heterocycles. The first-order valence-electron chi connectivity index (χ1n) is 3.49. The largest absolute Gasteiger partial charge is 0.385 e. The lowest BCUT2D eigenvalue weighted by Gasteiger charge is -2.01. The van der Waals surface area contributed by atoms with E-state index in [1.54, 1.807) is 0 Å². The van der Waals surface area contributed by atoms with Crippen LogP contribution in [-0.4, -0.2) is 15.4 Å². The lowest BCUT2D eigenvalue weighted by atomic mass is 10.2. The fourth-order valence-corrected chi connectivity index (χ4v) is 0.922. The van der Waals surface area contributed by atoms with E-state index in [1.807, 2.05) is 0 Å². The van der Waals surface area contributed by atoms with Gasteiger partial charge >= 0.3 is 0 Å². The number of aromatic nitrogens is 2. The van der Waals surface area contributed by atoms with Crippen LogP contribution in [0.1, 0.15) is 37.4 Å². The molecule has 0 amide bonds. The molecule has 0 aromatic carbocycles. The van der Waals surface area contributed by atoms with Gasteiger partial charge in [-0.25, -0.2) is 0 Å². The Kier molecular flexibility index (Phi) is 2.30. The Morgan fingerprint density at radius 1 is 1.42 bits per heavy atom. The predicted octanol–water partition coefficient (Wildman–Crippen LogP) is -0.585. The first-order chi connectivity index (χ1) is 5.54. The highest BCUT2D eigenvalue weighted by atomic mass is 16.8. The first kappa shape index (κ1) is 8.95. The Hall–Kier alpha value is -1.14. The molecule has 0 bridgehead atoms. The first-order valence-corrected chi connectivity index (χ1v) is 3.49. The molecule has 1 rings (SSSR count). The second kappa shape index (κ2) is 3.08. The van der Waals surface area contributed by atoms with Crippen LogP contribution in [-0.2, 0) is 0 Å². The second-order valence-corrected chi connectivity index (χ2v) is 2.55. The normalized spacial score (nSPS) is 16.0. The van der Waals surface area contributed by atoms with Gasteiger partial charge in [0.2, 0.25) is 5.69 Å². The van der Waals surface area contributed by atoms with Crippen molar-refractivity contribution in [2.24, 2.45) is 0 Å². The third kappa shape index (κ3) is 1.39. The van der Waals surface area contributed by atoms with Gasteiger partial charge in [-0.1, -0.05) is 0 Å². The van der Waals surface area contributed by atoms with E-state index in [9.17, 15) is 5.21 Å². The van der Waals surface area contributed by atoms with Gasteiger partial charge in [-0.05, 0) is 18.8 Å². The van der Waals surface area contributed by atoms with Crippen molar-refractivity contribution < 1.29 is 19.7 Å². The van der Waals surface area contributed by atoms with Gasteiger partial charge in [0, 0.05) is 5.16 Å². The fraction of sp³-hybridized carbons (Fsp3) is 0.667. The van der Waals surface area contributed by atoms with Crippen LogP contribution in [0.2, 0.25) is 0 Å². The van der Waals surface area contributed by atoms with Crippen LogP contribution >= 0.6 is 0 Å². The zero-order chi connectivity index (χ0) is 9.30. The molecule has 0 saturated carbocycles. The Bertz CT molecular complexity index is 269. The molecule has 1 aromatic heterocycles. The molecular weight excluding hydrogens is 164 g/mol. The second-order valence-electron chi connectivity index (χ2n) is 2.55. The number of hydrogen-bond donors (Lipinski definition) is 2. The lowest BCUT2D eigenvalue weighted by molar-refractivity contribution is -0.810. The molecule has 6 nitrogen and oxygen atoms in total. The van der Waals surface area contributed by atoms with Crippen LogP contribution in [0.4, 0.5) is 0 Å². The van der Waals surface area contributed by atoms with Crippen LogP contribution in [0.25, 0.3) is 0 Å². The van der Waals surface area contributed by atoms with Gasteiger partial charge in [0.25, 0.3) is 5.69 Å². The van der Waals surface area contributed by atoms with Gasteiger partial charge in [0.15, 0.2) is 0 Å². The lowest BCUT2D eigenvalue weighted by Crippen LogP contribution is -2.30. The number of aliphatic hydroxyl groups is 2. The summed E-state index contributed by atoms with van der Waals surface area (Å²) in [5.41, 5.74) is 0.0185. The summed E-state index contributed by atoms with van der Waals surface area (Å²) in [5.74, 6) is 0. The molecule has 0 saturated heterocycles. The summed E-state index contributed by atoms with van der Waals surface area (Å²) in [6.07, 6.45) is -1.92. The molecule has 0 aliphatic carbocycles. The summed E-state index contributed by atoms with van der Waals surface area (Å²) in [7, 11) is 0. The van der Waals surface area contributed by atoms with Gasteiger partial charge in [-0.15, -0.1) is 0 Å². The molecule has 0 spiro atoms. The molecule has 6 heteroatoms. The highest BCUT2D eigenvalue weighted by Gasteiger charge is 2.26. The van der Waals surface area contributed by atoms with Crippen molar-refractivity contribution >= 4 is 0 Å². The fourth-order valence-electron chi connectivity index (χ4n) is 0.922. The van der Waals surface area contributed by atoms with Crippen LogP contribution in [0.5, 0.6) is 0 Å². The minimum absolute atomic E-state index is 0.0509. The van der Waals surface area contributed by atoms with Crippen LogP contribution in [0.3, 0.4) is 0 Å². The summed E-state index contributed by atoms with van der Waals surface area (Å²) < 4.78 is 4.21. The van der Waals surface area contributed by atoms with Gasteiger partial charge in [0.1, 0.15) is 12.2 Å². The Labute approximate surface area is 68.6 Å². The van der Waals surface area contributed by atoms with Crippen molar-refractivity contribution in [1.29, 1.82) is 0 Å². The van der Waals surface area contributed by atoms with E-state index in [0.29, 0.717) is 0 Å². The standard InChI is InChI=1S/C6H10N2O4/c1-3(9)5-6(4(2)10)8(11)12-7-5/h3-4,9-10H,1-2H3/t3-,4+/m0/s1. The van der Waals surface area contributed by atoms with Crippen molar-refractivity contribution in [3.05, 3.63) is 16.6 Å². The third-order valence-electron chi connectivity index (χ3n) is 1.46. The van der Waals surface area contributed by atoms with E-state index < -0.39 is 12.2 Å². The molecule has 12 heavy (non-hydrogen) atoms. The minimum atomic E-state index is -1.00. The Balaban J connectivity index is 3.12. The average molecular weight is 174 g/mol. The molecule has 0 unspecified atom stereocenters. The molecule has 0 radical (unpaired) electrons. The molecule has 1 aromatic rings. The van der Waals surface area contributed by atoms with Crippen molar-refractivity contribution in [3.8, 4) is 0 Å². The molecule has 2 atom stereocenters. The van der Waals surface area contributed by atoms with E-state index in [2.05, 4.69) is 9.79 Å². The molecule has 2 N–H and O–H groups in total. The molecule has 0 aliphatic heterocycles. The average Bonchev–Trinajstić information content (AvgIpc) is 2.30. The monoisotopic (exact) mass is 174 g/mol. The summed E-state index contributed by atoms with van der Waals surface area (Å²) >= 11 is 0. The summed E-state index contributed by atoms with van der Waals surface area (Å²) in [6.45, 7) is 2.83. The van der Waals surface area contributed by atoms with Crippen molar-refractivity contribution in [3.63, 3.8) is 0 Å². The van der Waals surface area contributed by atoms with E-state index >= 15 is 0 Å². The van der Waals surface area contributed by atoms with Crippen molar-refractivity contribution in [1.82, 2.24) is 5.16 Å². The van der Waals surface area contributed by atoms with E-state index in [0.717, 1.165) is 0 Å². The van der Waals surface area contributed by atoms with Crippen LogP contribution in [0.15, 0.2) is 4.63 Å². The molecule has 0 aliphatic rings. The van der Waals surface area contributed by atoms with Gasteiger partial charge in [-0.2, -0.15) is 0 Å². The van der Waals surface area contributed by atoms with Crippen LogP contribution < -0.4 is 4.90 Å². The predicted molar refractivity (Wildman–Crippen MR) is 36.7 cm³/mol. The quantitative estimate of drug-likeness (QED) is 0.585. The number of aliphatic hydroxyl groups excluding tert-OH is 2. The SMILES string of the molecule is C[C@H](O)c1no[n+]([O-])c1[C@@H](C)O. The topological polar surface area (TPSA) is 93.4 Å². The van der Waals surface area contributed by atoms with E-state index in [1.165, 1.54) is 13.8 Å². The van der Waals surface area contributed by atoms with Gasteiger partial charge in [0.05, 0.1) is 0 Å².